The van der Waals surface area contributed by atoms with Crippen molar-refractivity contribution in [2.75, 3.05) is 6.54 Å². The fourth-order valence-electron chi connectivity index (χ4n) is 2.56. The van der Waals surface area contributed by atoms with Crippen LogP contribution in [-0.4, -0.2) is 23.2 Å². The molecule has 0 bridgehead atoms. The summed E-state index contributed by atoms with van der Waals surface area (Å²) in [4.78, 5) is 11.9. The lowest BCUT2D eigenvalue weighted by Gasteiger charge is -2.26. The Morgan fingerprint density at radius 2 is 1.41 bits per heavy atom. The molecule has 0 fully saturated rings. The van der Waals surface area contributed by atoms with Crippen LogP contribution in [0.5, 0.6) is 0 Å². The molecule has 0 radical (unpaired) electrons. The van der Waals surface area contributed by atoms with Crippen molar-refractivity contribution in [3.8, 4) is 0 Å². The van der Waals surface area contributed by atoms with Crippen LogP contribution in [0, 0.1) is 0 Å². The molecule has 0 heterocycles. The quantitative estimate of drug-likeness (QED) is 0.180. The van der Waals surface area contributed by atoms with Gasteiger partial charge in [0, 0.05) is 12.6 Å². The Labute approximate surface area is 178 Å². The third kappa shape index (κ3) is 17.7. The number of amides is 1. The molecule has 0 saturated heterocycles. The molecule has 29 heavy (non-hydrogen) atoms. The molecule has 0 spiro atoms. The number of hydrogen-bond acceptors (Lipinski definition) is 2. The van der Waals surface area contributed by atoms with Gasteiger partial charge in [0.05, 0.1) is 5.60 Å². The average Bonchev–Trinajstić information content (AvgIpc) is 2.72. The van der Waals surface area contributed by atoms with Gasteiger partial charge in [-0.05, 0) is 32.1 Å². The molecule has 3 heteroatoms. The van der Waals surface area contributed by atoms with Crippen LogP contribution in [0.3, 0.4) is 0 Å². The van der Waals surface area contributed by atoms with Crippen molar-refractivity contribution >= 4 is 5.91 Å². The van der Waals surface area contributed by atoms with E-state index >= 15 is 0 Å². The second-order valence-electron chi connectivity index (χ2n) is 7.15. The van der Waals surface area contributed by atoms with Gasteiger partial charge in [-0.3, -0.25) is 4.79 Å². The van der Waals surface area contributed by atoms with Gasteiger partial charge in [-0.15, -0.1) is 0 Å². The normalized spacial score (nSPS) is 15.0. The first kappa shape index (κ1) is 26.9. The number of nitrogens with one attached hydrogen (secondary N) is 1. The molecule has 162 valence electrons. The minimum Gasteiger partial charge on any atom is -0.388 e. The van der Waals surface area contributed by atoms with Crippen molar-refractivity contribution in [1.29, 1.82) is 0 Å². The zero-order valence-corrected chi connectivity index (χ0v) is 18.6. The fraction of sp³-hybridized carbons (Fsp3) is 0.500. The van der Waals surface area contributed by atoms with E-state index in [2.05, 4.69) is 49.5 Å². The molecule has 1 atom stereocenters. The molecule has 2 N–H and O–H groups in total. The van der Waals surface area contributed by atoms with Gasteiger partial charge in [-0.25, -0.2) is 0 Å². The van der Waals surface area contributed by atoms with E-state index in [9.17, 15) is 9.90 Å². The van der Waals surface area contributed by atoms with E-state index in [1.54, 1.807) is 6.08 Å². The Morgan fingerprint density at radius 3 is 1.97 bits per heavy atom. The topological polar surface area (TPSA) is 49.3 Å². The first-order valence-electron chi connectivity index (χ1n) is 11.1. The summed E-state index contributed by atoms with van der Waals surface area (Å²) in [6, 6.07) is 0. The average molecular weight is 400 g/mol. The Bertz CT molecular complexity index is 582. The highest BCUT2D eigenvalue weighted by molar-refractivity contribution is 5.87. The molecule has 0 aromatic rings. The van der Waals surface area contributed by atoms with Crippen molar-refractivity contribution in [3.05, 3.63) is 72.9 Å². The minimum atomic E-state index is -0.798. The van der Waals surface area contributed by atoms with Gasteiger partial charge in [0.25, 0.3) is 0 Å². The highest BCUT2D eigenvalue weighted by Gasteiger charge is 2.24. The third-order valence-electron chi connectivity index (χ3n) is 4.55. The number of unbranched alkanes of at least 4 members (excludes halogenated alkanes) is 3. The molecule has 1 unspecified atom stereocenters. The van der Waals surface area contributed by atoms with Crippen LogP contribution in [0.15, 0.2) is 72.9 Å². The van der Waals surface area contributed by atoms with Crippen LogP contribution in [0.25, 0.3) is 0 Å². The van der Waals surface area contributed by atoms with Crippen LogP contribution in [-0.2, 0) is 4.79 Å². The molecule has 0 rings (SSSR count). The van der Waals surface area contributed by atoms with Crippen LogP contribution < -0.4 is 5.32 Å². The van der Waals surface area contributed by atoms with E-state index in [-0.39, 0.29) is 5.91 Å². The minimum absolute atomic E-state index is 0.173. The van der Waals surface area contributed by atoms with E-state index in [1.165, 1.54) is 6.08 Å². The van der Waals surface area contributed by atoms with E-state index in [0.29, 0.717) is 13.0 Å². The second-order valence-corrected chi connectivity index (χ2v) is 7.15. The molecule has 0 aliphatic carbocycles. The number of rotatable bonds is 16. The van der Waals surface area contributed by atoms with Crippen molar-refractivity contribution in [1.82, 2.24) is 5.32 Å². The largest absolute Gasteiger partial charge is 0.388 e. The number of allylic oxidation sites excluding steroid dienone is 11. The molecule has 0 aliphatic rings. The molecule has 0 aromatic heterocycles. The number of aliphatic hydroxyl groups is 1. The number of hydrogen-bond donors (Lipinski definition) is 2. The van der Waals surface area contributed by atoms with Gasteiger partial charge in [-0.2, -0.15) is 0 Å². The zero-order valence-electron chi connectivity index (χ0n) is 18.6. The number of carbonyl (C=O) groups is 1. The van der Waals surface area contributed by atoms with Crippen LogP contribution >= 0.6 is 0 Å². The highest BCUT2D eigenvalue weighted by atomic mass is 16.3. The summed E-state index contributed by atoms with van der Waals surface area (Å²) < 4.78 is 0. The van der Waals surface area contributed by atoms with Crippen molar-refractivity contribution in [2.45, 2.75) is 77.7 Å². The maximum Gasteiger partial charge on any atom is 0.244 e. The van der Waals surface area contributed by atoms with Gasteiger partial charge in [0.1, 0.15) is 0 Å². The molecule has 0 aliphatic heterocycles. The summed E-state index contributed by atoms with van der Waals surface area (Å²) in [7, 11) is 0. The van der Waals surface area contributed by atoms with E-state index in [0.717, 1.165) is 44.9 Å². The highest BCUT2D eigenvalue weighted by Crippen LogP contribution is 2.18. The predicted molar refractivity (Wildman–Crippen MR) is 127 cm³/mol. The summed E-state index contributed by atoms with van der Waals surface area (Å²) >= 11 is 0. The van der Waals surface area contributed by atoms with Gasteiger partial charge < -0.3 is 10.4 Å². The summed E-state index contributed by atoms with van der Waals surface area (Å²) in [6.45, 7) is 6.52. The standard InChI is InChI=1S/C26H41NO2/c1-4-7-9-10-11-12-13-14-15-16-17-18-19-20-22-25(28)27-24-26(29,6-3)23-21-8-5-2/h7,9-13,16-20,22,29H,4-6,8,14-15,21,23-24H2,1-3H3,(H,27,28). The predicted octanol–water partition coefficient (Wildman–Crippen LogP) is 6.35. The van der Waals surface area contributed by atoms with Gasteiger partial charge in [-0.1, -0.05) is 107 Å². The number of carbonyl (C=O) groups excluding carboxylic acids is 1. The maximum atomic E-state index is 11.9. The van der Waals surface area contributed by atoms with E-state index in [4.69, 9.17) is 0 Å². The Kier molecular flexibility index (Phi) is 17.8. The lowest BCUT2D eigenvalue weighted by atomic mass is 9.93. The zero-order chi connectivity index (χ0) is 21.6. The molecule has 3 nitrogen and oxygen atoms in total. The van der Waals surface area contributed by atoms with Crippen molar-refractivity contribution in [3.63, 3.8) is 0 Å². The fourth-order valence-corrected chi connectivity index (χ4v) is 2.56. The molecule has 1 amide bonds. The summed E-state index contributed by atoms with van der Waals surface area (Å²) in [5.41, 5.74) is -0.798. The molecular formula is C26H41NO2. The lowest BCUT2D eigenvalue weighted by Crippen LogP contribution is -2.42. The molecular weight excluding hydrogens is 358 g/mol. The Hall–Kier alpha value is -2.13. The first-order valence-corrected chi connectivity index (χ1v) is 11.1. The molecule has 0 saturated carbocycles. The second kappa shape index (κ2) is 19.2. The van der Waals surface area contributed by atoms with Gasteiger partial charge >= 0.3 is 0 Å². The summed E-state index contributed by atoms with van der Waals surface area (Å²) in [5.74, 6) is -0.173. The van der Waals surface area contributed by atoms with Crippen molar-refractivity contribution in [2.24, 2.45) is 0 Å². The van der Waals surface area contributed by atoms with Gasteiger partial charge in [0.15, 0.2) is 0 Å². The SMILES string of the molecule is CCC=CC=CC=CCCC=CC=CC=CC(=O)NCC(O)(CC)CCCCC. The van der Waals surface area contributed by atoms with Crippen LogP contribution in [0.2, 0.25) is 0 Å². The van der Waals surface area contributed by atoms with Gasteiger partial charge in [0.2, 0.25) is 5.91 Å². The Balaban J connectivity index is 4.00. The van der Waals surface area contributed by atoms with Crippen molar-refractivity contribution < 1.29 is 9.90 Å². The van der Waals surface area contributed by atoms with E-state index in [1.807, 2.05) is 37.3 Å². The van der Waals surface area contributed by atoms with E-state index < -0.39 is 5.60 Å². The van der Waals surface area contributed by atoms with Crippen LogP contribution in [0.4, 0.5) is 0 Å². The lowest BCUT2D eigenvalue weighted by molar-refractivity contribution is -0.117. The summed E-state index contributed by atoms with van der Waals surface area (Å²) in [6.07, 6.45) is 31.2. The van der Waals surface area contributed by atoms with Crippen LogP contribution in [0.1, 0.15) is 72.1 Å². The third-order valence-corrected chi connectivity index (χ3v) is 4.55. The maximum absolute atomic E-state index is 11.9. The summed E-state index contributed by atoms with van der Waals surface area (Å²) in [5, 5.41) is 13.3. The molecule has 0 aromatic carbocycles. The monoisotopic (exact) mass is 399 g/mol. The smallest absolute Gasteiger partial charge is 0.244 e. The Morgan fingerprint density at radius 1 is 0.828 bits per heavy atom. The first-order chi connectivity index (χ1) is 14.1.